The number of aliphatic hydroxyl groups excluding tert-OH is 3. The lowest BCUT2D eigenvalue weighted by Crippen LogP contribution is -2.22. The van der Waals surface area contributed by atoms with E-state index in [1.807, 2.05) is 54.7 Å². The zero-order chi connectivity index (χ0) is 18.1. The fraction of sp³-hybridized carbons (Fsp3) is 0.200. The second-order valence-corrected chi connectivity index (χ2v) is 6.41. The van der Waals surface area contributed by atoms with E-state index in [0.29, 0.717) is 0 Å². The lowest BCUT2D eigenvalue weighted by Gasteiger charge is -2.11. The summed E-state index contributed by atoms with van der Waals surface area (Å²) in [5, 5.41) is 36.1. The van der Waals surface area contributed by atoms with Gasteiger partial charge in [0, 0.05) is 51.7 Å². The molecule has 3 aromatic rings. The second-order valence-electron chi connectivity index (χ2n) is 6.41. The number of para-hydroxylation sites is 1. The molecule has 2 atom stereocenters. The number of fused-ring (bicyclic) bond motifs is 2. The Bertz CT molecular complexity index is 964. The molecule has 0 saturated heterocycles. The van der Waals surface area contributed by atoms with Crippen LogP contribution >= 0.6 is 0 Å². The third kappa shape index (κ3) is 3.06. The van der Waals surface area contributed by atoms with Crippen LogP contribution in [0.3, 0.4) is 0 Å². The average molecular weight is 351 g/mol. The fourth-order valence-corrected chi connectivity index (χ4v) is 3.23. The first-order valence-corrected chi connectivity index (χ1v) is 8.55. The molecule has 0 bridgehead atoms. The van der Waals surface area contributed by atoms with E-state index < -0.39 is 12.3 Å². The standard InChI is InChI=1S/C20H21N3O3/c24-11-14(25)10-21-13-5-6-19-16(8-13)17(20(26)23-19)7-12-9-22-18-4-2-1-3-15(12)18/h1-9,14,20-26H,10-11H2. The van der Waals surface area contributed by atoms with Gasteiger partial charge in [-0.15, -0.1) is 0 Å². The maximum Gasteiger partial charge on any atom is 0.151 e. The highest BCUT2D eigenvalue weighted by atomic mass is 16.3. The van der Waals surface area contributed by atoms with Crippen molar-refractivity contribution in [3.8, 4) is 0 Å². The molecule has 0 amide bonds. The zero-order valence-electron chi connectivity index (χ0n) is 14.1. The number of aromatic amines is 1. The number of nitrogens with one attached hydrogen (secondary N) is 3. The van der Waals surface area contributed by atoms with Gasteiger partial charge in [0.05, 0.1) is 12.7 Å². The van der Waals surface area contributed by atoms with Crippen LogP contribution in [0.4, 0.5) is 11.4 Å². The van der Waals surface area contributed by atoms with Crippen LogP contribution in [0.1, 0.15) is 11.1 Å². The highest BCUT2D eigenvalue weighted by Gasteiger charge is 2.25. The van der Waals surface area contributed by atoms with Gasteiger partial charge in [-0.3, -0.25) is 0 Å². The van der Waals surface area contributed by atoms with Crippen LogP contribution in [0.5, 0.6) is 0 Å². The van der Waals surface area contributed by atoms with Gasteiger partial charge in [0.25, 0.3) is 0 Å². The molecule has 0 aliphatic carbocycles. The highest BCUT2D eigenvalue weighted by molar-refractivity contribution is 6.00. The van der Waals surface area contributed by atoms with Crippen LogP contribution in [0.15, 0.2) is 48.7 Å². The normalized spacial score (nSPS) is 18.7. The number of anilines is 2. The van der Waals surface area contributed by atoms with Crippen LogP contribution in [0.25, 0.3) is 22.6 Å². The summed E-state index contributed by atoms with van der Waals surface area (Å²) in [5.74, 6) is 0. The number of benzene rings is 2. The minimum atomic E-state index is -0.812. The molecule has 26 heavy (non-hydrogen) atoms. The van der Waals surface area contributed by atoms with Crippen molar-refractivity contribution in [2.24, 2.45) is 0 Å². The van der Waals surface area contributed by atoms with Gasteiger partial charge in [0.2, 0.25) is 0 Å². The van der Waals surface area contributed by atoms with E-state index in [2.05, 4.69) is 15.6 Å². The fourth-order valence-electron chi connectivity index (χ4n) is 3.23. The maximum atomic E-state index is 10.4. The average Bonchev–Trinajstić information content (AvgIpc) is 3.21. The van der Waals surface area contributed by atoms with Crippen LogP contribution < -0.4 is 10.6 Å². The Morgan fingerprint density at radius 1 is 1.19 bits per heavy atom. The van der Waals surface area contributed by atoms with Gasteiger partial charge in [0.15, 0.2) is 6.23 Å². The monoisotopic (exact) mass is 351 g/mol. The summed E-state index contributed by atoms with van der Waals surface area (Å²) in [4.78, 5) is 3.24. The molecule has 2 heterocycles. The van der Waals surface area contributed by atoms with Crippen molar-refractivity contribution in [2.75, 3.05) is 23.8 Å². The lowest BCUT2D eigenvalue weighted by molar-refractivity contribution is 0.105. The molecule has 1 aliphatic rings. The SMILES string of the molecule is OCC(O)CNc1ccc2c(c1)C(=Cc1c[nH]c3ccccc13)C(O)N2. The van der Waals surface area contributed by atoms with E-state index in [9.17, 15) is 10.2 Å². The molecule has 0 fully saturated rings. The van der Waals surface area contributed by atoms with Crippen molar-refractivity contribution in [2.45, 2.75) is 12.3 Å². The van der Waals surface area contributed by atoms with Crippen molar-refractivity contribution >= 4 is 33.9 Å². The topological polar surface area (TPSA) is 101 Å². The molecule has 134 valence electrons. The Labute approximate surface area is 150 Å². The Kier molecular flexibility index (Phi) is 4.38. The summed E-state index contributed by atoms with van der Waals surface area (Å²) in [6, 6.07) is 13.7. The minimum absolute atomic E-state index is 0.257. The Morgan fingerprint density at radius 2 is 2.04 bits per heavy atom. The third-order valence-electron chi connectivity index (χ3n) is 4.60. The Hall–Kier alpha value is -2.80. The smallest absolute Gasteiger partial charge is 0.151 e. The molecule has 6 nitrogen and oxygen atoms in total. The van der Waals surface area contributed by atoms with Gasteiger partial charge in [-0.1, -0.05) is 18.2 Å². The largest absolute Gasteiger partial charge is 0.394 e. The number of hydrogen-bond donors (Lipinski definition) is 6. The van der Waals surface area contributed by atoms with Gasteiger partial charge in [-0.25, -0.2) is 0 Å². The highest BCUT2D eigenvalue weighted by Crippen LogP contribution is 2.38. The van der Waals surface area contributed by atoms with Crippen LogP contribution in [0, 0.1) is 0 Å². The second kappa shape index (κ2) is 6.84. The Morgan fingerprint density at radius 3 is 2.88 bits per heavy atom. The van der Waals surface area contributed by atoms with Crippen LogP contribution in [-0.2, 0) is 0 Å². The maximum absolute atomic E-state index is 10.4. The first-order valence-electron chi connectivity index (χ1n) is 8.55. The third-order valence-corrected chi connectivity index (χ3v) is 4.60. The molecular weight excluding hydrogens is 330 g/mol. The van der Waals surface area contributed by atoms with E-state index in [1.165, 1.54) is 0 Å². The van der Waals surface area contributed by atoms with Gasteiger partial charge in [-0.05, 0) is 30.3 Å². The van der Waals surface area contributed by atoms with Crippen molar-refractivity contribution in [1.82, 2.24) is 4.98 Å². The van der Waals surface area contributed by atoms with Crippen molar-refractivity contribution in [3.63, 3.8) is 0 Å². The van der Waals surface area contributed by atoms with E-state index in [0.717, 1.165) is 39.0 Å². The number of aromatic nitrogens is 1. The summed E-state index contributed by atoms with van der Waals surface area (Å²) in [5.41, 5.74) is 5.43. The zero-order valence-corrected chi connectivity index (χ0v) is 14.1. The molecule has 2 aromatic carbocycles. The minimum Gasteiger partial charge on any atom is -0.394 e. The molecular formula is C20H21N3O3. The number of aliphatic hydroxyl groups is 3. The van der Waals surface area contributed by atoms with E-state index >= 15 is 0 Å². The molecule has 2 unspecified atom stereocenters. The summed E-state index contributed by atoms with van der Waals surface area (Å²) >= 11 is 0. The molecule has 0 saturated carbocycles. The Balaban J connectivity index is 1.68. The van der Waals surface area contributed by atoms with Gasteiger partial charge >= 0.3 is 0 Å². The van der Waals surface area contributed by atoms with Crippen molar-refractivity contribution in [3.05, 3.63) is 59.8 Å². The van der Waals surface area contributed by atoms with E-state index in [1.54, 1.807) is 0 Å². The number of rotatable bonds is 5. The summed E-state index contributed by atoms with van der Waals surface area (Å²) in [7, 11) is 0. The predicted molar refractivity (Wildman–Crippen MR) is 104 cm³/mol. The molecule has 6 N–H and O–H groups in total. The molecule has 1 aromatic heterocycles. The van der Waals surface area contributed by atoms with Gasteiger partial charge in [-0.2, -0.15) is 0 Å². The van der Waals surface area contributed by atoms with Crippen LogP contribution in [0.2, 0.25) is 0 Å². The lowest BCUT2D eigenvalue weighted by atomic mass is 10.0. The van der Waals surface area contributed by atoms with Crippen molar-refractivity contribution in [1.29, 1.82) is 0 Å². The summed E-state index contributed by atoms with van der Waals surface area (Å²) in [6.45, 7) is -0.0311. The molecule has 0 radical (unpaired) electrons. The van der Waals surface area contributed by atoms with E-state index in [4.69, 9.17) is 5.11 Å². The van der Waals surface area contributed by atoms with Crippen molar-refractivity contribution < 1.29 is 15.3 Å². The van der Waals surface area contributed by atoms with Gasteiger partial charge in [0.1, 0.15) is 0 Å². The first-order chi connectivity index (χ1) is 12.7. The predicted octanol–water partition coefficient (Wildman–Crippen LogP) is 2.22. The van der Waals surface area contributed by atoms with E-state index in [-0.39, 0.29) is 13.2 Å². The number of hydrogen-bond acceptors (Lipinski definition) is 5. The molecule has 4 rings (SSSR count). The molecule has 1 aliphatic heterocycles. The first kappa shape index (κ1) is 16.7. The summed E-state index contributed by atoms with van der Waals surface area (Å²) in [6.07, 6.45) is 2.32. The van der Waals surface area contributed by atoms with Gasteiger partial charge < -0.3 is 30.9 Å². The molecule has 6 heteroatoms. The quantitative estimate of drug-likeness (QED) is 0.423. The summed E-state index contributed by atoms with van der Waals surface area (Å²) < 4.78 is 0. The number of H-pyrrole nitrogens is 1. The molecule has 0 spiro atoms. The van der Waals surface area contributed by atoms with Crippen LogP contribution in [-0.4, -0.2) is 45.8 Å².